The summed E-state index contributed by atoms with van der Waals surface area (Å²) in [6.45, 7) is 3.95. The summed E-state index contributed by atoms with van der Waals surface area (Å²) in [5.41, 5.74) is 0. The summed E-state index contributed by atoms with van der Waals surface area (Å²) < 4.78 is 0. The molecular formula is C13H22N2O2. The lowest BCUT2D eigenvalue weighted by Gasteiger charge is -2.39. The van der Waals surface area contributed by atoms with Crippen LogP contribution in [0.1, 0.15) is 32.6 Å². The van der Waals surface area contributed by atoms with E-state index < -0.39 is 0 Å². The highest BCUT2D eigenvalue weighted by Gasteiger charge is 2.45. The number of hydrogen-bond donors (Lipinski definition) is 2. The van der Waals surface area contributed by atoms with E-state index in [0.717, 1.165) is 38.8 Å². The molecule has 4 heteroatoms. The zero-order valence-corrected chi connectivity index (χ0v) is 10.4. The van der Waals surface area contributed by atoms with E-state index in [0.29, 0.717) is 23.9 Å². The molecule has 0 spiro atoms. The minimum absolute atomic E-state index is 0.161. The van der Waals surface area contributed by atoms with Gasteiger partial charge in [-0.2, -0.15) is 0 Å². The molecule has 17 heavy (non-hydrogen) atoms. The maximum Gasteiger partial charge on any atom is 0.227 e. The monoisotopic (exact) mass is 238 g/mol. The number of rotatable bonds is 1. The Hall–Kier alpha value is -0.610. The van der Waals surface area contributed by atoms with Crippen LogP contribution >= 0.6 is 0 Å². The second-order valence-electron chi connectivity index (χ2n) is 6.00. The van der Waals surface area contributed by atoms with Gasteiger partial charge in [0.1, 0.15) is 0 Å². The predicted molar refractivity (Wildman–Crippen MR) is 64.4 cm³/mol. The van der Waals surface area contributed by atoms with Crippen LogP contribution in [0, 0.1) is 11.8 Å². The van der Waals surface area contributed by atoms with Crippen molar-refractivity contribution in [1.29, 1.82) is 0 Å². The molecule has 3 aliphatic heterocycles. The van der Waals surface area contributed by atoms with E-state index in [-0.39, 0.29) is 12.0 Å². The fourth-order valence-electron chi connectivity index (χ4n) is 3.84. The molecule has 0 aliphatic carbocycles. The van der Waals surface area contributed by atoms with Crippen molar-refractivity contribution in [2.45, 2.75) is 50.8 Å². The number of nitrogens with one attached hydrogen (secondary N) is 1. The Kier molecular flexibility index (Phi) is 2.87. The molecule has 3 fully saturated rings. The number of fused-ring (bicyclic) bond motifs is 2. The van der Waals surface area contributed by atoms with Gasteiger partial charge in [0, 0.05) is 18.6 Å². The van der Waals surface area contributed by atoms with Crippen LogP contribution in [0.25, 0.3) is 0 Å². The number of carbonyl (C=O) groups is 1. The van der Waals surface area contributed by atoms with Crippen LogP contribution in [0.3, 0.4) is 0 Å². The Morgan fingerprint density at radius 2 is 1.88 bits per heavy atom. The van der Waals surface area contributed by atoms with Crippen molar-refractivity contribution in [2.75, 3.05) is 13.1 Å². The molecule has 96 valence electrons. The van der Waals surface area contributed by atoms with Gasteiger partial charge in [0.25, 0.3) is 0 Å². The molecular weight excluding hydrogens is 216 g/mol. The molecule has 2 N–H and O–H groups in total. The minimum atomic E-state index is -0.185. The molecule has 3 rings (SSSR count). The van der Waals surface area contributed by atoms with E-state index in [2.05, 4.69) is 17.1 Å². The molecule has 2 bridgehead atoms. The van der Waals surface area contributed by atoms with Crippen LogP contribution in [-0.2, 0) is 4.79 Å². The Morgan fingerprint density at radius 3 is 2.41 bits per heavy atom. The lowest BCUT2D eigenvalue weighted by Crippen LogP contribution is -2.51. The Labute approximate surface area is 102 Å². The van der Waals surface area contributed by atoms with Crippen LogP contribution in [0.5, 0.6) is 0 Å². The maximum atomic E-state index is 12.6. The van der Waals surface area contributed by atoms with Crippen LogP contribution in [0.15, 0.2) is 0 Å². The van der Waals surface area contributed by atoms with Gasteiger partial charge in [0.2, 0.25) is 5.91 Å². The molecule has 0 saturated carbocycles. The second kappa shape index (κ2) is 4.25. The van der Waals surface area contributed by atoms with Gasteiger partial charge >= 0.3 is 0 Å². The number of piperidine rings is 1. The highest BCUT2D eigenvalue weighted by atomic mass is 16.3. The molecule has 3 aliphatic rings. The van der Waals surface area contributed by atoms with Crippen molar-refractivity contribution in [1.82, 2.24) is 10.2 Å². The van der Waals surface area contributed by atoms with Gasteiger partial charge in [-0.05, 0) is 38.1 Å². The third kappa shape index (κ3) is 1.87. The summed E-state index contributed by atoms with van der Waals surface area (Å²) in [6.07, 6.45) is 3.56. The summed E-state index contributed by atoms with van der Waals surface area (Å²) in [5, 5.41) is 13.1. The van der Waals surface area contributed by atoms with E-state index in [4.69, 9.17) is 0 Å². The van der Waals surface area contributed by atoms with E-state index >= 15 is 0 Å². The van der Waals surface area contributed by atoms with Crippen molar-refractivity contribution in [3.8, 4) is 0 Å². The quantitative estimate of drug-likeness (QED) is 0.693. The summed E-state index contributed by atoms with van der Waals surface area (Å²) in [5.74, 6) is 0.948. The number of carbonyl (C=O) groups excluding carboxylic acids is 1. The van der Waals surface area contributed by atoms with Gasteiger partial charge in [0.15, 0.2) is 0 Å². The predicted octanol–water partition coefficient (Wildman–Crippen LogP) is 0.356. The Morgan fingerprint density at radius 1 is 1.24 bits per heavy atom. The van der Waals surface area contributed by atoms with E-state index in [1.165, 1.54) is 0 Å². The molecule has 0 radical (unpaired) electrons. The lowest BCUT2D eigenvalue weighted by molar-refractivity contribution is -0.142. The number of nitrogens with zero attached hydrogens (tertiary/aromatic N) is 1. The SMILES string of the molecule is CC1CNCC1C(=O)N1C2CCC1CC(O)C2. The molecule has 3 saturated heterocycles. The van der Waals surface area contributed by atoms with Gasteiger partial charge in [-0.25, -0.2) is 0 Å². The first-order chi connectivity index (χ1) is 8.16. The van der Waals surface area contributed by atoms with Crippen LogP contribution < -0.4 is 5.32 Å². The summed E-state index contributed by atoms with van der Waals surface area (Å²) in [6, 6.07) is 0.619. The van der Waals surface area contributed by atoms with Crippen molar-refractivity contribution in [2.24, 2.45) is 11.8 Å². The van der Waals surface area contributed by atoms with Gasteiger partial charge in [0.05, 0.1) is 12.0 Å². The molecule has 3 heterocycles. The van der Waals surface area contributed by atoms with Crippen molar-refractivity contribution in [3.05, 3.63) is 0 Å². The summed E-state index contributed by atoms with van der Waals surface area (Å²) in [4.78, 5) is 14.7. The Bertz CT molecular complexity index is 307. The average Bonchev–Trinajstić information content (AvgIpc) is 2.81. The first-order valence-electron chi connectivity index (χ1n) is 6.87. The summed E-state index contributed by atoms with van der Waals surface area (Å²) >= 11 is 0. The molecule has 0 aromatic rings. The molecule has 4 unspecified atom stereocenters. The first-order valence-corrected chi connectivity index (χ1v) is 6.87. The average molecular weight is 238 g/mol. The lowest BCUT2D eigenvalue weighted by atomic mass is 9.92. The van der Waals surface area contributed by atoms with Gasteiger partial charge in [-0.1, -0.05) is 6.92 Å². The van der Waals surface area contributed by atoms with E-state index in [1.54, 1.807) is 0 Å². The van der Waals surface area contributed by atoms with E-state index in [1.807, 2.05) is 0 Å². The minimum Gasteiger partial charge on any atom is -0.393 e. The maximum absolute atomic E-state index is 12.6. The summed E-state index contributed by atoms with van der Waals surface area (Å²) in [7, 11) is 0. The fraction of sp³-hybridized carbons (Fsp3) is 0.923. The molecule has 0 aromatic carbocycles. The van der Waals surface area contributed by atoms with Gasteiger partial charge in [-0.15, -0.1) is 0 Å². The highest BCUT2D eigenvalue weighted by Crippen LogP contribution is 2.37. The Balaban J connectivity index is 1.74. The van der Waals surface area contributed by atoms with Crippen molar-refractivity contribution in [3.63, 3.8) is 0 Å². The van der Waals surface area contributed by atoms with Gasteiger partial charge in [-0.3, -0.25) is 4.79 Å². The first kappa shape index (κ1) is 11.5. The fourth-order valence-corrected chi connectivity index (χ4v) is 3.84. The number of aliphatic hydroxyl groups excluding tert-OH is 1. The van der Waals surface area contributed by atoms with Crippen LogP contribution in [0.2, 0.25) is 0 Å². The smallest absolute Gasteiger partial charge is 0.227 e. The zero-order chi connectivity index (χ0) is 12.0. The highest BCUT2D eigenvalue weighted by molar-refractivity contribution is 5.81. The molecule has 1 amide bonds. The number of aliphatic hydroxyl groups is 1. The van der Waals surface area contributed by atoms with Crippen LogP contribution in [-0.4, -0.2) is 47.2 Å². The third-order valence-corrected chi connectivity index (χ3v) is 4.80. The topological polar surface area (TPSA) is 52.6 Å². The second-order valence-corrected chi connectivity index (χ2v) is 6.00. The standard InChI is InChI=1S/C13H22N2O2/c1-8-6-14-7-12(8)13(17)15-9-2-3-10(15)5-11(16)4-9/h8-12,14,16H,2-7H2,1H3. The van der Waals surface area contributed by atoms with Crippen molar-refractivity contribution >= 4 is 5.91 Å². The van der Waals surface area contributed by atoms with Gasteiger partial charge < -0.3 is 15.3 Å². The largest absolute Gasteiger partial charge is 0.393 e. The molecule has 0 aromatic heterocycles. The molecule has 4 atom stereocenters. The van der Waals surface area contributed by atoms with E-state index in [9.17, 15) is 9.90 Å². The normalized spacial score (nSPS) is 45.3. The van der Waals surface area contributed by atoms with Crippen LogP contribution in [0.4, 0.5) is 0 Å². The number of hydrogen-bond acceptors (Lipinski definition) is 3. The van der Waals surface area contributed by atoms with Crippen molar-refractivity contribution < 1.29 is 9.90 Å². The number of amides is 1. The zero-order valence-electron chi connectivity index (χ0n) is 10.4. The third-order valence-electron chi connectivity index (χ3n) is 4.80. The molecule has 4 nitrogen and oxygen atoms in total.